The summed E-state index contributed by atoms with van der Waals surface area (Å²) >= 11 is 1.59. The van der Waals surface area contributed by atoms with Crippen molar-refractivity contribution in [3.63, 3.8) is 0 Å². The number of nitrogens with one attached hydrogen (secondary N) is 1. The topological polar surface area (TPSA) is 80.5 Å². The predicted molar refractivity (Wildman–Crippen MR) is 120 cm³/mol. The van der Waals surface area contributed by atoms with E-state index in [-0.39, 0.29) is 11.8 Å². The fourth-order valence-corrected chi connectivity index (χ4v) is 4.62. The molecule has 31 heavy (non-hydrogen) atoms. The summed E-state index contributed by atoms with van der Waals surface area (Å²) < 4.78 is 10.8. The molecule has 1 aliphatic heterocycles. The molecule has 1 amide bonds. The average molecular weight is 441 g/mol. The van der Waals surface area contributed by atoms with Crippen molar-refractivity contribution in [1.82, 2.24) is 20.4 Å². The number of amides is 1. The van der Waals surface area contributed by atoms with E-state index in [0.29, 0.717) is 24.8 Å². The average Bonchev–Trinajstić information content (AvgIpc) is 3.49. The molecule has 0 aliphatic carbocycles. The van der Waals surface area contributed by atoms with E-state index in [0.717, 1.165) is 49.4 Å². The minimum absolute atomic E-state index is 0.000279. The molecule has 0 bridgehead atoms. The van der Waals surface area contributed by atoms with Crippen LogP contribution in [-0.4, -0.2) is 47.7 Å². The van der Waals surface area contributed by atoms with Crippen LogP contribution in [0.1, 0.15) is 30.7 Å². The van der Waals surface area contributed by atoms with E-state index in [1.165, 1.54) is 5.56 Å². The maximum absolute atomic E-state index is 12.7. The van der Waals surface area contributed by atoms with Crippen LogP contribution in [0.5, 0.6) is 5.75 Å². The minimum Gasteiger partial charge on any atom is -0.496 e. The molecule has 7 nitrogen and oxygen atoms in total. The molecule has 0 radical (unpaired) electrons. The summed E-state index contributed by atoms with van der Waals surface area (Å²) in [6.45, 7) is 2.90. The maximum Gasteiger partial charge on any atom is 0.241 e. The highest BCUT2D eigenvalue weighted by Gasteiger charge is 2.26. The zero-order valence-corrected chi connectivity index (χ0v) is 18.6. The Kier molecular flexibility index (Phi) is 7.32. The largest absolute Gasteiger partial charge is 0.496 e. The number of likely N-dealkylation sites (tertiary alicyclic amines) is 1. The van der Waals surface area contributed by atoms with Crippen molar-refractivity contribution in [2.75, 3.05) is 26.7 Å². The number of methoxy groups -OCH3 is 1. The second-order valence-corrected chi connectivity index (χ2v) is 8.72. The molecule has 1 aromatic carbocycles. The van der Waals surface area contributed by atoms with E-state index in [4.69, 9.17) is 9.26 Å². The predicted octanol–water partition coefficient (Wildman–Crippen LogP) is 3.77. The zero-order chi connectivity index (χ0) is 21.5. The number of hydrogen-bond donors (Lipinski definition) is 1. The number of thiophene rings is 1. The number of benzene rings is 1. The Morgan fingerprint density at radius 3 is 3.06 bits per heavy atom. The van der Waals surface area contributed by atoms with Crippen LogP contribution in [0.15, 0.2) is 46.3 Å². The number of para-hydroxylation sites is 1. The first kappa shape index (κ1) is 21.5. The van der Waals surface area contributed by atoms with Crippen LogP contribution in [0.25, 0.3) is 10.7 Å². The standard InChI is InChI=1S/C23H28N4O3S/c1-29-19-10-3-2-7-17(19)8-4-12-24-23(28)18-9-5-13-27(15-18)16-21-25-22(26-30-21)20-11-6-14-31-20/h2-3,6-7,10-11,14,18H,4-5,8-9,12-13,15-16H2,1H3,(H,24,28). The van der Waals surface area contributed by atoms with Gasteiger partial charge in [0.1, 0.15) is 5.75 Å². The van der Waals surface area contributed by atoms with Crippen LogP contribution in [0, 0.1) is 5.92 Å². The SMILES string of the molecule is COc1ccccc1CCCNC(=O)C1CCCN(Cc2nc(-c3cccs3)no2)C1. The van der Waals surface area contributed by atoms with Gasteiger partial charge in [-0.2, -0.15) is 4.98 Å². The van der Waals surface area contributed by atoms with Gasteiger partial charge in [-0.3, -0.25) is 9.69 Å². The molecule has 1 N–H and O–H groups in total. The van der Waals surface area contributed by atoms with Gasteiger partial charge in [0, 0.05) is 13.1 Å². The number of piperidine rings is 1. The van der Waals surface area contributed by atoms with E-state index >= 15 is 0 Å². The molecule has 3 heterocycles. The molecule has 2 aromatic heterocycles. The van der Waals surface area contributed by atoms with E-state index in [1.54, 1.807) is 18.4 Å². The molecule has 1 saturated heterocycles. The Morgan fingerprint density at radius 2 is 2.23 bits per heavy atom. The fourth-order valence-electron chi connectivity index (χ4n) is 3.97. The lowest BCUT2D eigenvalue weighted by atomic mass is 9.97. The van der Waals surface area contributed by atoms with Crippen LogP contribution < -0.4 is 10.1 Å². The van der Waals surface area contributed by atoms with Gasteiger partial charge in [-0.25, -0.2) is 0 Å². The van der Waals surface area contributed by atoms with Crippen molar-refractivity contribution in [2.24, 2.45) is 5.92 Å². The van der Waals surface area contributed by atoms with Crippen LogP contribution in [-0.2, 0) is 17.8 Å². The Bertz CT molecular complexity index is 973. The summed E-state index contributed by atoms with van der Waals surface area (Å²) in [6.07, 6.45) is 3.67. The summed E-state index contributed by atoms with van der Waals surface area (Å²) in [5.41, 5.74) is 1.17. The third-order valence-electron chi connectivity index (χ3n) is 5.56. The molecule has 8 heteroatoms. The van der Waals surface area contributed by atoms with E-state index in [2.05, 4.69) is 26.4 Å². The highest BCUT2D eigenvalue weighted by Crippen LogP contribution is 2.23. The van der Waals surface area contributed by atoms with E-state index in [1.807, 2.05) is 35.7 Å². The van der Waals surface area contributed by atoms with Gasteiger partial charge in [-0.05, 0) is 55.3 Å². The molecule has 164 valence electrons. The Morgan fingerprint density at radius 1 is 1.32 bits per heavy atom. The monoisotopic (exact) mass is 440 g/mol. The normalized spacial score (nSPS) is 16.9. The van der Waals surface area contributed by atoms with E-state index in [9.17, 15) is 4.79 Å². The molecule has 1 unspecified atom stereocenters. The van der Waals surface area contributed by atoms with Crippen molar-refractivity contribution in [2.45, 2.75) is 32.2 Å². The number of carbonyl (C=O) groups is 1. The summed E-state index contributed by atoms with van der Waals surface area (Å²) in [5.74, 6) is 2.27. The van der Waals surface area contributed by atoms with Gasteiger partial charge >= 0.3 is 0 Å². The first-order chi connectivity index (χ1) is 15.2. The molecule has 3 aromatic rings. The van der Waals surface area contributed by atoms with Gasteiger partial charge in [-0.1, -0.05) is 29.4 Å². The van der Waals surface area contributed by atoms with E-state index < -0.39 is 0 Å². The Labute approximate surface area is 186 Å². The number of carbonyl (C=O) groups excluding carboxylic acids is 1. The summed E-state index contributed by atoms with van der Waals surface area (Å²) in [6, 6.07) is 12.0. The van der Waals surface area contributed by atoms with Crippen LogP contribution in [0.3, 0.4) is 0 Å². The lowest BCUT2D eigenvalue weighted by Gasteiger charge is -2.30. The second kappa shape index (κ2) is 10.5. The van der Waals surface area contributed by atoms with Crippen molar-refractivity contribution in [3.05, 3.63) is 53.2 Å². The van der Waals surface area contributed by atoms with Gasteiger partial charge in [-0.15, -0.1) is 11.3 Å². The van der Waals surface area contributed by atoms with Gasteiger partial charge in [0.25, 0.3) is 0 Å². The smallest absolute Gasteiger partial charge is 0.241 e. The highest BCUT2D eigenvalue weighted by molar-refractivity contribution is 7.13. The zero-order valence-electron chi connectivity index (χ0n) is 17.8. The number of aryl methyl sites for hydroxylation is 1. The van der Waals surface area contributed by atoms with Crippen LogP contribution in [0.4, 0.5) is 0 Å². The quantitative estimate of drug-likeness (QED) is 0.510. The summed E-state index contributed by atoms with van der Waals surface area (Å²) in [5, 5.41) is 9.18. The number of nitrogens with zero attached hydrogens (tertiary/aromatic N) is 3. The number of hydrogen-bond acceptors (Lipinski definition) is 7. The van der Waals surface area contributed by atoms with Gasteiger partial charge in [0.05, 0.1) is 24.4 Å². The van der Waals surface area contributed by atoms with Gasteiger partial charge < -0.3 is 14.6 Å². The number of aromatic nitrogens is 2. The molecule has 0 spiro atoms. The first-order valence-corrected chi connectivity index (χ1v) is 11.6. The fraction of sp³-hybridized carbons (Fsp3) is 0.435. The number of ether oxygens (including phenoxy) is 1. The lowest BCUT2D eigenvalue weighted by molar-refractivity contribution is -0.126. The number of rotatable bonds is 9. The molecular weight excluding hydrogens is 412 g/mol. The molecular formula is C23H28N4O3S. The van der Waals surface area contributed by atoms with Crippen molar-refractivity contribution in [3.8, 4) is 16.5 Å². The minimum atomic E-state index is -0.000279. The summed E-state index contributed by atoms with van der Waals surface area (Å²) in [7, 11) is 1.69. The molecule has 1 atom stereocenters. The third-order valence-corrected chi connectivity index (χ3v) is 6.43. The van der Waals surface area contributed by atoms with Gasteiger partial charge in [0.15, 0.2) is 0 Å². The molecule has 0 saturated carbocycles. The third kappa shape index (κ3) is 5.71. The van der Waals surface area contributed by atoms with Gasteiger partial charge in [0.2, 0.25) is 17.6 Å². The Hall–Kier alpha value is -2.71. The van der Waals surface area contributed by atoms with Crippen molar-refractivity contribution < 1.29 is 14.1 Å². The molecule has 1 fully saturated rings. The van der Waals surface area contributed by atoms with Crippen LogP contribution >= 0.6 is 11.3 Å². The summed E-state index contributed by atoms with van der Waals surface area (Å²) in [4.78, 5) is 20.4. The van der Waals surface area contributed by atoms with Crippen LogP contribution in [0.2, 0.25) is 0 Å². The first-order valence-electron chi connectivity index (χ1n) is 10.7. The van der Waals surface area contributed by atoms with Crippen molar-refractivity contribution >= 4 is 17.2 Å². The van der Waals surface area contributed by atoms with Crippen molar-refractivity contribution in [1.29, 1.82) is 0 Å². The molecule has 4 rings (SSSR count). The highest BCUT2D eigenvalue weighted by atomic mass is 32.1. The maximum atomic E-state index is 12.7. The second-order valence-electron chi connectivity index (χ2n) is 7.77. The lowest BCUT2D eigenvalue weighted by Crippen LogP contribution is -2.43. The molecule has 1 aliphatic rings. The Balaban J connectivity index is 1.22.